The topological polar surface area (TPSA) is 92.3 Å². The van der Waals surface area contributed by atoms with Gasteiger partial charge in [0.2, 0.25) is 11.8 Å². The SMILES string of the molecule is CC(=O)Nc1ccc(F)c(NC(=O)C(C)(C)S(=O)(=O)c2ccc(Br)cc2)c1. The van der Waals surface area contributed by atoms with E-state index >= 15 is 0 Å². The molecule has 2 rings (SSSR count). The van der Waals surface area contributed by atoms with Gasteiger partial charge in [-0.1, -0.05) is 15.9 Å². The molecule has 6 nitrogen and oxygen atoms in total. The van der Waals surface area contributed by atoms with Crippen molar-refractivity contribution in [3.63, 3.8) is 0 Å². The van der Waals surface area contributed by atoms with Gasteiger partial charge in [-0.3, -0.25) is 9.59 Å². The van der Waals surface area contributed by atoms with Crippen molar-refractivity contribution in [2.75, 3.05) is 10.6 Å². The van der Waals surface area contributed by atoms with Crippen LogP contribution in [0.3, 0.4) is 0 Å². The van der Waals surface area contributed by atoms with Gasteiger partial charge in [0.15, 0.2) is 9.84 Å². The summed E-state index contributed by atoms with van der Waals surface area (Å²) < 4.78 is 38.6. The number of anilines is 2. The van der Waals surface area contributed by atoms with Gasteiger partial charge < -0.3 is 10.6 Å². The van der Waals surface area contributed by atoms with E-state index in [4.69, 9.17) is 0 Å². The molecule has 0 heterocycles. The summed E-state index contributed by atoms with van der Waals surface area (Å²) in [7, 11) is -4.04. The Labute approximate surface area is 165 Å². The quantitative estimate of drug-likeness (QED) is 0.716. The molecule has 0 aliphatic carbocycles. The Morgan fingerprint density at radius 3 is 2.19 bits per heavy atom. The van der Waals surface area contributed by atoms with E-state index in [1.807, 2.05) is 0 Å². The van der Waals surface area contributed by atoms with E-state index in [1.165, 1.54) is 45.0 Å². The molecule has 0 aliphatic rings. The van der Waals surface area contributed by atoms with Crippen LogP contribution in [0.1, 0.15) is 20.8 Å². The molecule has 2 amide bonds. The van der Waals surface area contributed by atoms with E-state index in [-0.39, 0.29) is 22.2 Å². The predicted octanol–water partition coefficient (Wildman–Crippen LogP) is 3.74. The Kier molecular flexibility index (Phi) is 6.06. The van der Waals surface area contributed by atoms with Crippen molar-refractivity contribution in [2.24, 2.45) is 0 Å². The maximum absolute atomic E-state index is 14.0. The van der Waals surface area contributed by atoms with Gasteiger partial charge in [-0.15, -0.1) is 0 Å². The Bertz CT molecular complexity index is 989. The zero-order valence-corrected chi connectivity index (χ0v) is 17.2. The molecule has 0 radical (unpaired) electrons. The fraction of sp³-hybridized carbons (Fsp3) is 0.222. The lowest BCUT2D eigenvalue weighted by Crippen LogP contribution is -2.44. The number of sulfone groups is 1. The maximum atomic E-state index is 14.0. The molecule has 9 heteroatoms. The summed E-state index contributed by atoms with van der Waals surface area (Å²) in [5, 5.41) is 4.76. The molecule has 0 bridgehead atoms. The highest BCUT2D eigenvalue weighted by molar-refractivity contribution is 9.10. The zero-order chi connectivity index (χ0) is 20.4. The van der Waals surface area contributed by atoms with Crippen molar-refractivity contribution in [3.8, 4) is 0 Å². The van der Waals surface area contributed by atoms with Crippen LogP contribution in [0, 0.1) is 5.82 Å². The molecular weight excluding hydrogens is 439 g/mol. The molecule has 2 aromatic rings. The van der Waals surface area contributed by atoms with Crippen molar-refractivity contribution in [3.05, 3.63) is 52.8 Å². The van der Waals surface area contributed by atoms with Gasteiger partial charge in [-0.05, 0) is 56.3 Å². The lowest BCUT2D eigenvalue weighted by molar-refractivity contribution is -0.118. The van der Waals surface area contributed by atoms with Crippen LogP contribution in [0.4, 0.5) is 15.8 Å². The van der Waals surface area contributed by atoms with E-state index in [2.05, 4.69) is 26.6 Å². The normalized spacial score (nSPS) is 11.7. The van der Waals surface area contributed by atoms with Crippen LogP contribution in [-0.4, -0.2) is 25.0 Å². The third-order valence-electron chi connectivity index (χ3n) is 3.88. The molecule has 0 spiro atoms. The number of amides is 2. The summed E-state index contributed by atoms with van der Waals surface area (Å²) in [4.78, 5) is 23.8. The molecule has 0 aromatic heterocycles. The Balaban J connectivity index is 2.33. The van der Waals surface area contributed by atoms with Crippen LogP contribution in [0.2, 0.25) is 0 Å². The second kappa shape index (κ2) is 7.77. The lowest BCUT2D eigenvalue weighted by Gasteiger charge is -2.24. The van der Waals surface area contributed by atoms with E-state index in [0.717, 1.165) is 6.07 Å². The second-order valence-electron chi connectivity index (χ2n) is 6.30. The van der Waals surface area contributed by atoms with Crippen LogP contribution >= 0.6 is 15.9 Å². The first-order chi connectivity index (χ1) is 12.4. The summed E-state index contributed by atoms with van der Waals surface area (Å²) >= 11 is 3.22. The first-order valence-electron chi connectivity index (χ1n) is 7.84. The van der Waals surface area contributed by atoms with Gasteiger partial charge in [0.1, 0.15) is 10.6 Å². The number of benzene rings is 2. The molecular formula is C18H18BrFN2O4S. The number of rotatable bonds is 5. The Morgan fingerprint density at radius 1 is 1.04 bits per heavy atom. The Morgan fingerprint density at radius 2 is 1.63 bits per heavy atom. The second-order valence-corrected chi connectivity index (χ2v) is 9.71. The molecule has 0 atom stereocenters. The van der Waals surface area contributed by atoms with Crippen molar-refractivity contribution in [1.82, 2.24) is 0 Å². The van der Waals surface area contributed by atoms with E-state index in [1.54, 1.807) is 12.1 Å². The molecule has 2 N–H and O–H groups in total. The average molecular weight is 457 g/mol. The van der Waals surface area contributed by atoms with Gasteiger partial charge in [-0.25, -0.2) is 12.8 Å². The number of carbonyl (C=O) groups excluding carboxylic acids is 2. The van der Waals surface area contributed by atoms with Crippen molar-refractivity contribution in [2.45, 2.75) is 30.4 Å². The van der Waals surface area contributed by atoms with Gasteiger partial charge >= 0.3 is 0 Å². The first kappa shape index (κ1) is 21.0. The van der Waals surface area contributed by atoms with Crippen LogP contribution < -0.4 is 10.6 Å². The minimum atomic E-state index is -4.04. The third-order valence-corrected chi connectivity index (χ3v) is 6.83. The van der Waals surface area contributed by atoms with E-state index in [9.17, 15) is 22.4 Å². The molecule has 0 unspecified atom stereocenters. The molecule has 2 aromatic carbocycles. The first-order valence-corrected chi connectivity index (χ1v) is 10.1. The Hall–Kier alpha value is -2.26. The lowest BCUT2D eigenvalue weighted by atomic mass is 10.2. The van der Waals surface area contributed by atoms with Crippen LogP contribution in [0.25, 0.3) is 0 Å². The monoisotopic (exact) mass is 456 g/mol. The summed E-state index contributed by atoms with van der Waals surface area (Å²) in [6.45, 7) is 3.78. The van der Waals surface area contributed by atoms with E-state index < -0.39 is 26.3 Å². The number of hydrogen-bond acceptors (Lipinski definition) is 4. The van der Waals surface area contributed by atoms with Crippen molar-refractivity contribution in [1.29, 1.82) is 0 Å². The number of halogens is 2. The van der Waals surface area contributed by atoms with Crippen LogP contribution in [0.15, 0.2) is 51.8 Å². The average Bonchev–Trinajstić information content (AvgIpc) is 2.57. The molecule has 0 saturated heterocycles. The highest BCUT2D eigenvalue weighted by atomic mass is 79.9. The molecule has 0 fully saturated rings. The molecule has 27 heavy (non-hydrogen) atoms. The van der Waals surface area contributed by atoms with Crippen LogP contribution in [-0.2, 0) is 19.4 Å². The fourth-order valence-corrected chi connectivity index (χ4v) is 3.85. The minimum Gasteiger partial charge on any atom is -0.326 e. The summed E-state index contributed by atoms with van der Waals surface area (Å²) in [5.41, 5.74) is 0.0399. The number of carbonyl (C=O) groups is 2. The highest BCUT2D eigenvalue weighted by Gasteiger charge is 2.43. The van der Waals surface area contributed by atoms with Gasteiger partial charge in [-0.2, -0.15) is 0 Å². The van der Waals surface area contributed by atoms with Gasteiger partial charge in [0.25, 0.3) is 0 Å². The predicted molar refractivity (Wildman–Crippen MR) is 105 cm³/mol. The summed E-state index contributed by atoms with van der Waals surface area (Å²) in [6, 6.07) is 9.48. The number of hydrogen-bond donors (Lipinski definition) is 2. The van der Waals surface area contributed by atoms with Crippen LogP contribution in [0.5, 0.6) is 0 Å². The summed E-state index contributed by atoms with van der Waals surface area (Å²) in [6.07, 6.45) is 0. The van der Waals surface area contributed by atoms with Gasteiger partial charge in [0, 0.05) is 17.1 Å². The minimum absolute atomic E-state index is 0.0293. The largest absolute Gasteiger partial charge is 0.326 e. The van der Waals surface area contributed by atoms with E-state index in [0.29, 0.717) is 4.47 Å². The zero-order valence-electron chi connectivity index (χ0n) is 14.8. The smallest absolute Gasteiger partial charge is 0.245 e. The third kappa shape index (κ3) is 4.54. The summed E-state index contributed by atoms with van der Waals surface area (Å²) in [5.74, 6) is -2.02. The molecule has 0 saturated carbocycles. The maximum Gasteiger partial charge on any atom is 0.245 e. The standard InChI is InChI=1S/C18H18BrFN2O4S/c1-11(23)21-13-6-9-15(20)16(10-13)22-17(24)18(2,3)27(25,26)14-7-4-12(19)5-8-14/h4-10H,1-3H3,(H,21,23)(H,22,24). The van der Waals surface area contributed by atoms with Crippen molar-refractivity contribution >= 4 is 49.0 Å². The van der Waals surface area contributed by atoms with Crippen molar-refractivity contribution < 1.29 is 22.4 Å². The molecule has 0 aliphatic heterocycles. The highest BCUT2D eigenvalue weighted by Crippen LogP contribution is 2.29. The number of nitrogens with one attached hydrogen (secondary N) is 2. The molecule has 144 valence electrons. The fourth-order valence-electron chi connectivity index (χ4n) is 2.21. The van der Waals surface area contributed by atoms with Gasteiger partial charge in [0.05, 0.1) is 10.6 Å².